The maximum Gasteiger partial charge on any atom is 0.254 e. The summed E-state index contributed by atoms with van der Waals surface area (Å²) < 4.78 is 11.1. The maximum atomic E-state index is 12.6. The van der Waals surface area contributed by atoms with E-state index in [0.717, 1.165) is 6.42 Å². The largest absolute Gasteiger partial charge is 0.489 e. The van der Waals surface area contributed by atoms with Gasteiger partial charge in [0.2, 0.25) is 5.91 Å². The van der Waals surface area contributed by atoms with Crippen molar-refractivity contribution in [2.75, 3.05) is 32.8 Å². The summed E-state index contributed by atoms with van der Waals surface area (Å²) >= 11 is 6.21. The number of amides is 2. The molecule has 2 amide bonds. The minimum atomic E-state index is -0.267. The van der Waals surface area contributed by atoms with Crippen LogP contribution in [0.5, 0.6) is 11.5 Å². The van der Waals surface area contributed by atoms with Crippen molar-refractivity contribution < 1.29 is 19.1 Å². The van der Waals surface area contributed by atoms with Gasteiger partial charge in [0.25, 0.3) is 5.91 Å². The lowest BCUT2D eigenvalue weighted by atomic mass is 10.1. The van der Waals surface area contributed by atoms with E-state index in [1.165, 1.54) is 4.90 Å². The van der Waals surface area contributed by atoms with Gasteiger partial charge in [-0.25, -0.2) is 0 Å². The summed E-state index contributed by atoms with van der Waals surface area (Å²) in [7, 11) is 0. The Morgan fingerprint density at radius 1 is 1.26 bits per heavy atom. The fourth-order valence-corrected chi connectivity index (χ4v) is 2.56. The Balaban J connectivity index is 2.22. The molecule has 1 heterocycles. The van der Waals surface area contributed by atoms with Crippen LogP contribution < -0.4 is 14.8 Å². The molecule has 0 atom stereocenters. The molecule has 0 aliphatic carbocycles. The fraction of sp³-hybridized carbons (Fsp3) is 0.500. The highest BCUT2D eigenvalue weighted by atomic mass is 35.5. The third-order valence-electron chi connectivity index (χ3n) is 3.43. The van der Waals surface area contributed by atoms with E-state index < -0.39 is 0 Å². The Hall–Kier alpha value is -1.95. The first-order valence-corrected chi connectivity index (χ1v) is 8.09. The number of carbonyl (C=O) groups excluding carboxylic acids is 2. The van der Waals surface area contributed by atoms with Gasteiger partial charge in [-0.1, -0.05) is 11.6 Å². The second kappa shape index (κ2) is 8.06. The van der Waals surface area contributed by atoms with Crippen LogP contribution in [0.1, 0.15) is 30.6 Å². The molecule has 1 aromatic rings. The van der Waals surface area contributed by atoms with Crippen molar-refractivity contribution in [3.05, 3.63) is 22.7 Å². The molecule has 0 bridgehead atoms. The Morgan fingerprint density at radius 3 is 2.70 bits per heavy atom. The highest BCUT2D eigenvalue weighted by Crippen LogP contribution is 2.38. The summed E-state index contributed by atoms with van der Waals surface area (Å²) in [5.41, 5.74) is 0.380. The third kappa shape index (κ3) is 4.28. The molecule has 126 valence electrons. The molecule has 0 saturated heterocycles. The van der Waals surface area contributed by atoms with Crippen molar-refractivity contribution in [2.45, 2.75) is 20.3 Å². The number of ether oxygens (including phenoxy) is 2. The summed E-state index contributed by atoms with van der Waals surface area (Å²) in [5.74, 6) is 0.472. The van der Waals surface area contributed by atoms with Crippen LogP contribution in [0.4, 0.5) is 0 Å². The molecule has 23 heavy (non-hydrogen) atoms. The lowest BCUT2D eigenvalue weighted by Crippen LogP contribution is -2.40. The van der Waals surface area contributed by atoms with E-state index in [1.807, 2.05) is 13.8 Å². The molecule has 1 N–H and O–H groups in total. The van der Waals surface area contributed by atoms with E-state index in [-0.39, 0.29) is 18.4 Å². The first-order chi connectivity index (χ1) is 11.1. The monoisotopic (exact) mass is 340 g/mol. The van der Waals surface area contributed by atoms with Gasteiger partial charge in [0, 0.05) is 25.1 Å². The zero-order valence-electron chi connectivity index (χ0n) is 13.4. The van der Waals surface area contributed by atoms with Crippen LogP contribution in [-0.4, -0.2) is 49.6 Å². The van der Waals surface area contributed by atoms with E-state index in [9.17, 15) is 9.59 Å². The van der Waals surface area contributed by atoms with Crippen molar-refractivity contribution >= 4 is 23.4 Å². The number of rotatable bonds is 5. The average Bonchev–Trinajstić information content (AvgIpc) is 2.78. The van der Waals surface area contributed by atoms with Gasteiger partial charge in [0.15, 0.2) is 11.5 Å². The van der Waals surface area contributed by atoms with Gasteiger partial charge >= 0.3 is 0 Å². The number of hydrogen-bond donors (Lipinski definition) is 1. The molecule has 0 spiro atoms. The number of nitrogens with zero attached hydrogens (tertiary/aromatic N) is 1. The molecule has 6 nitrogen and oxygen atoms in total. The van der Waals surface area contributed by atoms with Crippen LogP contribution in [-0.2, 0) is 4.79 Å². The van der Waals surface area contributed by atoms with Crippen LogP contribution in [0.2, 0.25) is 5.02 Å². The SMILES string of the molecule is CCNC(=O)CN(CC)C(=O)c1cc(Cl)c2c(c1)OCCCO2. The molecule has 0 radical (unpaired) electrons. The Bertz CT molecular complexity index is 592. The van der Waals surface area contributed by atoms with Crippen molar-refractivity contribution in [1.29, 1.82) is 0 Å². The van der Waals surface area contributed by atoms with Gasteiger partial charge in [-0.15, -0.1) is 0 Å². The summed E-state index contributed by atoms with van der Waals surface area (Å²) in [6, 6.07) is 3.17. The van der Waals surface area contributed by atoms with E-state index >= 15 is 0 Å². The highest BCUT2D eigenvalue weighted by Gasteiger charge is 2.22. The van der Waals surface area contributed by atoms with E-state index in [0.29, 0.717) is 48.4 Å². The molecule has 1 aliphatic rings. The first-order valence-electron chi connectivity index (χ1n) is 7.71. The standard InChI is InChI=1S/C16H21ClN2O4/c1-3-18-14(20)10-19(4-2)16(21)11-8-12(17)15-13(9-11)22-6-5-7-23-15/h8-9H,3-7,10H2,1-2H3,(H,18,20). The molecule has 7 heteroatoms. The predicted molar refractivity (Wildman–Crippen MR) is 87.3 cm³/mol. The van der Waals surface area contributed by atoms with E-state index in [4.69, 9.17) is 21.1 Å². The zero-order valence-corrected chi connectivity index (χ0v) is 14.1. The zero-order chi connectivity index (χ0) is 16.8. The van der Waals surface area contributed by atoms with Crippen molar-refractivity contribution in [3.63, 3.8) is 0 Å². The Labute approximate surface area is 140 Å². The molecule has 0 unspecified atom stereocenters. The average molecular weight is 341 g/mol. The number of halogens is 1. The second-order valence-electron chi connectivity index (χ2n) is 5.11. The summed E-state index contributed by atoms with van der Waals surface area (Å²) in [6.07, 6.45) is 0.757. The fourth-order valence-electron chi connectivity index (χ4n) is 2.29. The molecule has 0 fully saturated rings. The molecule has 2 rings (SSSR count). The van der Waals surface area contributed by atoms with Gasteiger partial charge in [0.1, 0.15) is 0 Å². The lowest BCUT2D eigenvalue weighted by Gasteiger charge is -2.21. The Morgan fingerprint density at radius 2 is 2.00 bits per heavy atom. The first kappa shape index (κ1) is 17.4. The molecule has 1 aromatic carbocycles. The topological polar surface area (TPSA) is 67.9 Å². The van der Waals surface area contributed by atoms with Crippen molar-refractivity contribution in [1.82, 2.24) is 10.2 Å². The number of fused-ring (bicyclic) bond motifs is 1. The summed E-state index contributed by atoms with van der Waals surface area (Å²) in [6.45, 7) is 5.65. The van der Waals surface area contributed by atoms with Gasteiger partial charge in [-0.2, -0.15) is 0 Å². The van der Waals surface area contributed by atoms with E-state index in [2.05, 4.69) is 5.32 Å². The lowest BCUT2D eigenvalue weighted by molar-refractivity contribution is -0.121. The Kier molecular flexibility index (Phi) is 6.10. The molecule has 1 aliphatic heterocycles. The van der Waals surface area contributed by atoms with Crippen LogP contribution in [0.15, 0.2) is 12.1 Å². The van der Waals surface area contributed by atoms with Gasteiger partial charge in [-0.05, 0) is 26.0 Å². The third-order valence-corrected chi connectivity index (χ3v) is 3.71. The minimum Gasteiger partial charge on any atom is -0.489 e. The van der Waals surface area contributed by atoms with Crippen LogP contribution in [0, 0.1) is 0 Å². The second-order valence-corrected chi connectivity index (χ2v) is 5.52. The quantitative estimate of drug-likeness (QED) is 0.891. The molecule has 0 saturated carbocycles. The van der Waals surface area contributed by atoms with Crippen LogP contribution in [0.25, 0.3) is 0 Å². The van der Waals surface area contributed by atoms with Crippen molar-refractivity contribution in [3.8, 4) is 11.5 Å². The summed E-state index contributed by atoms with van der Waals surface area (Å²) in [5, 5.41) is 3.02. The number of benzene rings is 1. The number of nitrogens with one attached hydrogen (secondary N) is 1. The summed E-state index contributed by atoms with van der Waals surface area (Å²) in [4.78, 5) is 25.8. The smallest absolute Gasteiger partial charge is 0.254 e. The maximum absolute atomic E-state index is 12.6. The normalized spacial score (nSPS) is 13.2. The van der Waals surface area contributed by atoms with Crippen LogP contribution >= 0.6 is 11.6 Å². The molecular formula is C16H21ClN2O4. The number of likely N-dealkylation sites (N-methyl/N-ethyl adjacent to an activating group) is 2. The predicted octanol–water partition coefficient (Wildman–Crippen LogP) is 2.10. The van der Waals surface area contributed by atoms with Gasteiger partial charge < -0.3 is 19.7 Å². The van der Waals surface area contributed by atoms with Crippen LogP contribution in [0.3, 0.4) is 0 Å². The minimum absolute atomic E-state index is 0.00916. The van der Waals surface area contributed by atoms with E-state index in [1.54, 1.807) is 12.1 Å². The molecule has 0 aromatic heterocycles. The van der Waals surface area contributed by atoms with Gasteiger partial charge in [0.05, 0.1) is 24.8 Å². The molecular weight excluding hydrogens is 320 g/mol. The number of carbonyl (C=O) groups is 2. The number of hydrogen-bond acceptors (Lipinski definition) is 4. The highest BCUT2D eigenvalue weighted by molar-refractivity contribution is 6.32. The van der Waals surface area contributed by atoms with Crippen molar-refractivity contribution in [2.24, 2.45) is 0 Å². The van der Waals surface area contributed by atoms with Gasteiger partial charge in [-0.3, -0.25) is 9.59 Å².